The molecule has 0 saturated heterocycles. The summed E-state index contributed by atoms with van der Waals surface area (Å²) in [6.07, 6.45) is 0.888. The van der Waals surface area contributed by atoms with Crippen LogP contribution in [0.25, 0.3) is 0 Å². The molecule has 0 radical (unpaired) electrons. The highest BCUT2D eigenvalue weighted by atomic mass is 15.3. The molecule has 0 spiro atoms. The van der Waals surface area contributed by atoms with Crippen molar-refractivity contribution in [3.63, 3.8) is 0 Å². The molecule has 70 valence electrons. The van der Waals surface area contributed by atoms with E-state index in [1.54, 1.807) is 0 Å². The second-order valence-corrected chi connectivity index (χ2v) is 2.37. The minimum atomic E-state index is -0.0495. The van der Waals surface area contributed by atoms with Gasteiger partial charge < -0.3 is 11.5 Å². The van der Waals surface area contributed by atoms with E-state index in [2.05, 4.69) is 4.99 Å². The summed E-state index contributed by atoms with van der Waals surface area (Å²) in [4.78, 5) is 5.45. The summed E-state index contributed by atoms with van der Waals surface area (Å²) >= 11 is 0. The minimum Gasteiger partial charge on any atom is -0.370 e. The highest BCUT2D eigenvalue weighted by molar-refractivity contribution is 5.95. The fourth-order valence-electron chi connectivity index (χ4n) is 0.829. The molecule has 0 aliphatic heterocycles. The van der Waals surface area contributed by atoms with Gasteiger partial charge in [0.2, 0.25) is 0 Å². The molecule has 5 nitrogen and oxygen atoms in total. The number of rotatable bonds is 3. The molecule has 5 heteroatoms. The minimum absolute atomic E-state index is 0.0495. The highest BCUT2D eigenvalue weighted by Crippen LogP contribution is 1.89. The van der Waals surface area contributed by atoms with Crippen LogP contribution in [0.3, 0.4) is 0 Å². The van der Waals surface area contributed by atoms with Crippen LogP contribution in [0.15, 0.2) is 4.99 Å². The van der Waals surface area contributed by atoms with Gasteiger partial charge in [0.05, 0.1) is 0 Å². The van der Waals surface area contributed by atoms with Gasteiger partial charge in [0.25, 0.3) is 0 Å². The summed E-state index contributed by atoms with van der Waals surface area (Å²) in [5, 5.41) is 7.21. The summed E-state index contributed by atoms with van der Waals surface area (Å²) < 4.78 is 0. The Morgan fingerprint density at radius 3 is 2.33 bits per heavy atom. The van der Waals surface area contributed by atoms with Crippen molar-refractivity contribution < 1.29 is 0 Å². The molecule has 0 aromatic carbocycles. The Bertz CT molecular complexity index is 175. The van der Waals surface area contributed by atoms with Crippen LogP contribution in [0.4, 0.5) is 0 Å². The predicted octanol–water partition coefficient (Wildman–Crippen LogP) is -0.0735. The average molecular weight is 171 g/mol. The summed E-state index contributed by atoms with van der Waals surface area (Å²) in [5.41, 5.74) is 10.9. The van der Waals surface area contributed by atoms with Crippen molar-refractivity contribution in [1.82, 2.24) is 4.90 Å². The van der Waals surface area contributed by atoms with E-state index < -0.39 is 0 Å². The molecule has 0 rings (SSSR count). The zero-order valence-electron chi connectivity index (χ0n) is 7.67. The number of aliphatic imine (C=N–C) groups is 1. The molecule has 0 saturated carbocycles. The van der Waals surface area contributed by atoms with Crippen LogP contribution in [0.2, 0.25) is 0 Å². The van der Waals surface area contributed by atoms with Crippen LogP contribution in [0, 0.1) is 5.41 Å². The van der Waals surface area contributed by atoms with Gasteiger partial charge in [-0.15, -0.1) is 0 Å². The Morgan fingerprint density at radius 2 is 2.00 bits per heavy atom. The van der Waals surface area contributed by atoms with Crippen molar-refractivity contribution in [3.8, 4) is 0 Å². The SMILES string of the molecule is CCCN(C(=N)N)C(N)=NCC. The second kappa shape index (κ2) is 5.40. The van der Waals surface area contributed by atoms with Gasteiger partial charge in [-0.25, -0.2) is 0 Å². The van der Waals surface area contributed by atoms with E-state index in [1.807, 2.05) is 13.8 Å². The molecule has 0 heterocycles. The lowest BCUT2D eigenvalue weighted by atomic mass is 10.4. The third kappa shape index (κ3) is 3.23. The van der Waals surface area contributed by atoms with E-state index >= 15 is 0 Å². The Kier molecular flexibility index (Phi) is 4.83. The lowest BCUT2D eigenvalue weighted by Gasteiger charge is -2.20. The molecule has 0 aliphatic rings. The first kappa shape index (κ1) is 10.7. The maximum absolute atomic E-state index is 7.21. The van der Waals surface area contributed by atoms with Crippen molar-refractivity contribution in [1.29, 1.82) is 5.41 Å². The topological polar surface area (TPSA) is 91.5 Å². The molecule has 0 aliphatic carbocycles. The van der Waals surface area contributed by atoms with E-state index in [0.717, 1.165) is 6.42 Å². The monoisotopic (exact) mass is 171 g/mol. The summed E-state index contributed by atoms with van der Waals surface area (Å²) in [5.74, 6) is 0.276. The first-order chi connectivity index (χ1) is 5.63. The van der Waals surface area contributed by atoms with Crippen molar-refractivity contribution in [2.24, 2.45) is 16.5 Å². The van der Waals surface area contributed by atoms with Gasteiger partial charge in [0, 0.05) is 13.1 Å². The van der Waals surface area contributed by atoms with Gasteiger partial charge in [0.15, 0.2) is 11.9 Å². The van der Waals surface area contributed by atoms with Gasteiger partial charge >= 0.3 is 0 Å². The number of nitrogens with two attached hydrogens (primary N) is 2. The highest BCUT2D eigenvalue weighted by Gasteiger charge is 2.08. The molecule has 0 bridgehead atoms. The van der Waals surface area contributed by atoms with Crippen molar-refractivity contribution in [3.05, 3.63) is 0 Å². The maximum Gasteiger partial charge on any atom is 0.198 e. The summed E-state index contributed by atoms with van der Waals surface area (Å²) in [7, 11) is 0. The van der Waals surface area contributed by atoms with Gasteiger partial charge in [-0.2, -0.15) is 0 Å². The van der Waals surface area contributed by atoms with Crippen molar-refractivity contribution in [2.45, 2.75) is 20.3 Å². The second-order valence-electron chi connectivity index (χ2n) is 2.37. The molecule has 0 amide bonds. The molecule has 0 fully saturated rings. The van der Waals surface area contributed by atoms with E-state index in [4.69, 9.17) is 16.9 Å². The Morgan fingerprint density at radius 1 is 1.42 bits per heavy atom. The Labute approximate surface area is 72.9 Å². The summed E-state index contributed by atoms with van der Waals surface area (Å²) in [6, 6.07) is 0. The average Bonchev–Trinajstić information content (AvgIpc) is 1.99. The predicted molar refractivity (Wildman–Crippen MR) is 51.1 cm³/mol. The maximum atomic E-state index is 7.21. The number of hydrogen-bond donors (Lipinski definition) is 3. The lowest BCUT2D eigenvalue weighted by molar-refractivity contribution is 0.576. The zero-order chi connectivity index (χ0) is 9.56. The molecule has 12 heavy (non-hydrogen) atoms. The van der Waals surface area contributed by atoms with E-state index in [-0.39, 0.29) is 5.96 Å². The van der Waals surface area contributed by atoms with Gasteiger partial charge in [-0.3, -0.25) is 15.3 Å². The number of hydrogen-bond acceptors (Lipinski definition) is 2. The molecular weight excluding hydrogens is 154 g/mol. The van der Waals surface area contributed by atoms with Crippen LogP contribution < -0.4 is 11.5 Å². The molecule has 0 aromatic heterocycles. The molecule has 0 atom stereocenters. The number of guanidine groups is 2. The normalized spacial score (nSPS) is 11.3. The van der Waals surface area contributed by atoms with Crippen LogP contribution >= 0.6 is 0 Å². The van der Waals surface area contributed by atoms with Gasteiger partial charge in [-0.05, 0) is 13.3 Å². The molecular formula is C7H17N5. The van der Waals surface area contributed by atoms with Crippen LogP contribution in [-0.2, 0) is 0 Å². The third-order valence-corrected chi connectivity index (χ3v) is 1.33. The van der Waals surface area contributed by atoms with Crippen molar-refractivity contribution >= 4 is 11.9 Å². The standard InChI is InChI=1S/C7H17N5/c1-3-5-12(6(8)9)7(10)11-4-2/h3-5H2,1-2H3,(H3,8,9)(H2,10,11). The number of nitrogens with one attached hydrogen (secondary N) is 1. The number of nitrogens with zero attached hydrogens (tertiary/aromatic N) is 2. The van der Waals surface area contributed by atoms with Crippen LogP contribution in [0.1, 0.15) is 20.3 Å². The first-order valence-corrected chi connectivity index (χ1v) is 4.04. The first-order valence-electron chi connectivity index (χ1n) is 4.04. The van der Waals surface area contributed by atoms with E-state index in [9.17, 15) is 0 Å². The van der Waals surface area contributed by atoms with Crippen LogP contribution in [0.5, 0.6) is 0 Å². The summed E-state index contributed by atoms with van der Waals surface area (Å²) in [6.45, 7) is 5.14. The zero-order valence-corrected chi connectivity index (χ0v) is 7.67. The fraction of sp³-hybridized carbons (Fsp3) is 0.714. The van der Waals surface area contributed by atoms with Crippen LogP contribution in [-0.4, -0.2) is 29.9 Å². The van der Waals surface area contributed by atoms with E-state index in [1.165, 1.54) is 4.90 Å². The van der Waals surface area contributed by atoms with E-state index in [0.29, 0.717) is 19.0 Å². The fourth-order valence-corrected chi connectivity index (χ4v) is 0.829. The molecule has 0 aromatic rings. The smallest absolute Gasteiger partial charge is 0.198 e. The third-order valence-electron chi connectivity index (χ3n) is 1.33. The largest absolute Gasteiger partial charge is 0.370 e. The Hall–Kier alpha value is -1.26. The van der Waals surface area contributed by atoms with Gasteiger partial charge in [-0.1, -0.05) is 6.92 Å². The quantitative estimate of drug-likeness (QED) is 0.410. The molecule has 5 N–H and O–H groups in total. The molecule has 0 unspecified atom stereocenters. The van der Waals surface area contributed by atoms with Crippen molar-refractivity contribution in [2.75, 3.05) is 13.1 Å². The lowest BCUT2D eigenvalue weighted by Crippen LogP contribution is -2.45. The van der Waals surface area contributed by atoms with Gasteiger partial charge in [0.1, 0.15) is 0 Å². The Balaban J connectivity index is 4.29.